The summed E-state index contributed by atoms with van der Waals surface area (Å²) >= 11 is 0. The maximum atomic E-state index is 5.32. The fourth-order valence-corrected chi connectivity index (χ4v) is 1.65. The largest absolute Gasteiger partial charge is 0.378 e. The highest BCUT2D eigenvalue weighted by atomic mass is 16.5. The zero-order valence-corrected chi connectivity index (χ0v) is 9.16. The fourth-order valence-electron chi connectivity index (χ4n) is 1.65. The summed E-state index contributed by atoms with van der Waals surface area (Å²) in [5.41, 5.74) is 1.11. The van der Waals surface area contributed by atoms with E-state index in [4.69, 9.17) is 4.74 Å². The smallest absolute Gasteiger partial charge is 0.224 e. The van der Waals surface area contributed by atoms with E-state index in [1.165, 1.54) is 0 Å². The predicted octanol–water partition coefficient (Wildman–Crippen LogP) is 0.663. The van der Waals surface area contributed by atoms with Gasteiger partial charge in [-0.05, 0) is 6.92 Å². The highest BCUT2D eigenvalue weighted by molar-refractivity contribution is 5.49. The van der Waals surface area contributed by atoms with Crippen LogP contribution in [0, 0.1) is 6.92 Å². The van der Waals surface area contributed by atoms with Crippen molar-refractivity contribution in [3.05, 3.63) is 11.8 Å². The normalized spacial score (nSPS) is 16.5. The first-order valence-electron chi connectivity index (χ1n) is 5.15. The number of nitrogens with one attached hydrogen (secondary N) is 1. The molecule has 0 spiro atoms. The van der Waals surface area contributed by atoms with E-state index in [2.05, 4.69) is 20.2 Å². The molecule has 0 radical (unpaired) electrons. The zero-order chi connectivity index (χ0) is 10.7. The third-order valence-electron chi connectivity index (χ3n) is 2.48. The Morgan fingerprint density at radius 2 is 2.13 bits per heavy atom. The Bertz CT molecular complexity index is 336. The van der Waals surface area contributed by atoms with Crippen LogP contribution in [0.4, 0.5) is 11.8 Å². The molecule has 1 aromatic rings. The van der Waals surface area contributed by atoms with Gasteiger partial charge in [-0.1, -0.05) is 0 Å². The van der Waals surface area contributed by atoms with Crippen LogP contribution < -0.4 is 10.2 Å². The van der Waals surface area contributed by atoms with Crippen LogP contribution in [0.5, 0.6) is 0 Å². The van der Waals surface area contributed by atoms with Crippen molar-refractivity contribution in [1.29, 1.82) is 0 Å². The van der Waals surface area contributed by atoms with Gasteiger partial charge in [0.25, 0.3) is 0 Å². The molecule has 0 atom stereocenters. The lowest BCUT2D eigenvalue weighted by Crippen LogP contribution is -2.37. The van der Waals surface area contributed by atoms with Gasteiger partial charge in [0.2, 0.25) is 5.95 Å². The van der Waals surface area contributed by atoms with Crippen molar-refractivity contribution < 1.29 is 4.74 Å². The molecule has 2 rings (SSSR count). The lowest BCUT2D eigenvalue weighted by atomic mass is 10.3. The number of morpholine rings is 1. The van der Waals surface area contributed by atoms with E-state index >= 15 is 0 Å². The van der Waals surface area contributed by atoms with Gasteiger partial charge in [-0.2, -0.15) is 4.98 Å². The summed E-state index contributed by atoms with van der Waals surface area (Å²) in [7, 11) is 1.83. The second kappa shape index (κ2) is 4.44. The Morgan fingerprint density at radius 1 is 1.40 bits per heavy atom. The highest BCUT2D eigenvalue weighted by Crippen LogP contribution is 2.18. The van der Waals surface area contributed by atoms with Crippen LogP contribution in [-0.4, -0.2) is 43.3 Å². The number of aromatic nitrogens is 2. The van der Waals surface area contributed by atoms with Gasteiger partial charge in [0.1, 0.15) is 5.82 Å². The molecule has 0 unspecified atom stereocenters. The topological polar surface area (TPSA) is 50.3 Å². The molecule has 0 saturated carbocycles. The Balaban J connectivity index is 2.24. The van der Waals surface area contributed by atoms with Crippen molar-refractivity contribution in [2.24, 2.45) is 0 Å². The van der Waals surface area contributed by atoms with Gasteiger partial charge < -0.3 is 15.0 Å². The average Bonchev–Trinajstić information content (AvgIpc) is 2.31. The number of aryl methyl sites for hydroxylation is 1. The Morgan fingerprint density at radius 3 is 2.80 bits per heavy atom. The van der Waals surface area contributed by atoms with E-state index < -0.39 is 0 Å². The molecule has 0 aliphatic carbocycles. The van der Waals surface area contributed by atoms with E-state index in [9.17, 15) is 0 Å². The first-order chi connectivity index (χ1) is 7.31. The lowest BCUT2D eigenvalue weighted by Gasteiger charge is -2.28. The summed E-state index contributed by atoms with van der Waals surface area (Å²) in [6, 6.07) is 0. The number of hydrogen-bond donors (Lipinski definition) is 1. The van der Waals surface area contributed by atoms with Crippen LogP contribution in [0.3, 0.4) is 0 Å². The molecule has 2 heterocycles. The van der Waals surface area contributed by atoms with E-state index in [1.54, 1.807) is 0 Å². The number of nitrogens with zero attached hydrogens (tertiary/aromatic N) is 3. The number of ether oxygens (including phenoxy) is 1. The van der Waals surface area contributed by atoms with Crippen molar-refractivity contribution in [2.45, 2.75) is 6.92 Å². The van der Waals surface area contributed by atoms with Gasteiger partial charge in [-0.15, -0.1) is 0 Å². The van der Waals surface area contributed by atoms with E-state index in [0.717, 1.165) is 37.7 Å². The van der Waals surface area contributed by atoms with Crippen LogP contribution in [-0.2, 0) is 4.74 Å². The van der Waals surface area contributed by atoms with E-state index in [0.29, 0.717) is 5.95 Å². The zero-order valence-electron chi connectivity index (χ0n) is 9.16. The summed E-state index contributed by atoms with van der Waals surface area (Å²) in [6.45, 7) is 5.39. The second-order valence-corrected chi connectivity index (χ2v) is 3.55. The third-order valence-corrected chi connectivity index (χ3v) is 2.48. The predicted molar refractivity (Wildman–Crippen MR) is 59.3 cm³/mol. The van der Waals surface area contributed by atoms with E-state index in [1.807, 2.05) is 20.2 Å². The first kappa shape index (κ1) is 10.2. The van der Waals surface area contributed by atoms with Crippen molar-refractivity contribution in [3.8, 4) is 0 Å². The first-order valence-corrected chi connectivity index (χ1v) is 5.15. The molecule has 5 heteroatoms. The highest BCUT2D eigenvalue weighted by Gasteiger charge is 2.15. The molecule has 1 aromatic heterocycles. The SMILES string of the molecule is CNc1ncc(C)c(N2CCOCC2)n1. The molecular formula is C10H16N4O. The van der Waals surface area contributed by atoms with Crippen LogP contribution in [0.2, 0.25) is 0 Å². The molecule has 15 heavy (non-hydrogen) atoms. The van der Waals surface area contributed by atoms with Gasteiger partial charge in [0, 0.05) is 31.9 Å². The molecule has 82 valence electrons. The molecule has 1 aliphatic rings. The maximum absolute atomic E-state index is 5.32. The van der Waals surface area contributed by atoms with Crippen LogP contribution >= 0.6 is 0 Å². The number of hydrogen-bond acceptors (Lipinski definition) is 5. The third kappa shape index (κ3) is 2.18. The minimum Gasteiger partial charge on any atom is -0.378 e. The van der Waals surface area contributed by atoms with Gasteiger partial charge >= 0.3 is 0 Å². The average molecular weight is 208 g/mol. The molecular weight excluding hydrogens is 192 g/mol. The monoisotopic (exact) mass is 208 g/mol. The summed E-state index contributed by atoms with van der Waals surface area (Å²) in [4.78, 5) is 10.9. The second-order valence-electron chi connectivity index (χ2n) is 3.55. The molecule has 1 saturated heterocycles. The Hall–Kier alpha value is -1.36. The molecule has 5 nitrogen and oxygen atoms in total. The standard InChI is InChI=1S/C10H16N4O/c1-8-7-12-10(11-2)13-9(8)14-3-5-15-6-4-14/h7H,3-6H2,1-2H3,(H,11,12,13). The van der Waals surface area contributed by atoms with Crippen LogP contribution in [0.1, 0.15) is 5.56 Å². The summed E-state index contributed by atoms with van der Waals surface area (Å²) in [5, 5.41) is 2.95. The van der Waals surface area contributed by atoms with Gasteiger partial charge in [0.05, 0.1) is 13.2 Å². The minimum absolute atomic E-state index is 0.669. The van der Waals surface area contributed by atoms with Crippen molar-refractivity contribution >= 4 is 11.8 Å². The molecule has 1 aliphatic heterocycles. The summed E-state index contributed by atoms with van der Waals surface area (Å²) in [5.74, 6) is 1.68. The Kier molecular flexibility index (Phi) is 3.01. The fraction of sp³-hybridized carbons (Fsp3) is 0.600. The Labute approximate surface area is 89.5 Å². The summed E-state index contributed by atoms with van der Waals surface area (Å²) in [6.07, 6.45) is 1.85. The molecule has 0 aromatic carbocycles. The van der Waals surface area contributed by atoms with E-state index in [-0.39, 0.29) is 0 Å². The van der Waals surface area contributed by atoms with Crippen molar-refractivity contribution in [3.63, 3.8) is 0 Å². The lowest BCUT2D eigenvalue weighted by molar-refractivity contribution is 0.122. The maximum Gasteiger partial charge on any atom is 0.224 e. The molecule has 1 N–H and O–H groups in total. The van der Waals surface area contributed by atoms with Gasteiger partial charge in [0.15, 0.2) is 0 Å². The molecule has 0 bridgehead atoms. The van der Waals surface area contributed by atoms with Gasteiger partial charge in [-0.3, -0.25) is 0 Å². The van der Waals surface area contributed by atoms with Crippen LogP contribution in [0.15, 0.2) is 6.20 Å². The van der Waals surface area contributed by atoms with Crippen LogP contribution in [0.25, 0.3) is 0 Å². The summed E-state index contributed by atoms with van der Waals surface area (Å²) < 4.78 is 5.32. The quantitative estimate of drug-likeness (QED) is 0.774. The van der Waals surface area contributed by atoms with Gasteiger partial charge in [-0.25, -0.2) is 4.98 Å². The van der Waals surface area contributed by atoms with Crippen molar-refractivity contribution in [1.82, 2.24) is 9.97 Å². The number of rotatable bonds is 2. The van der Waals surface area contributed by atoms with Crippen molar-refractivity contribution in [2.75, 3.05) is 43.6 Å². The molecule has 1 fully saturated rings. The number of anilines is 2. The minimum atomic E-state index is 0.669. The molecule has 0 amide bonds.